The maximum Gasteiger partial charge on any atom is 0.0920 e. The normalized spacial score (nSPS) is 12.2. The van der Waals surface area contributed by atoms with Gasteiger partial charge in [-0.25, -0.2) is 0 Å². The molecule has 0 fully saturated rings. The van der Waals surface area contributed by atoms with Gasteiger partial charge in [0.2, 0.25) is 0 Å². The van der Waals surface area contributed by atoms with Crippen molar-refractivity contribution in [3.8, 4) is 6.07 Å². The standard InChI is InChI=1S/C9H7Br2NO/c10-7-2-1-6(5-8(7)11)9(13)3-4-12/h1-2,5,9,13H,3H2. The first-order chi connectivity index (χ1) is 6.15. The van der Waals surface area contributed by atoms with Crippen LogP contribution >= 0.6 is 31.9 Å². The van der Waals surface area contributed by atoms with Gasteiger partial charge in [0.25, 0.3) is 0 Å². The Morgan fingerprint density at radius 1 is 1.38 bits per heavy atom. The molecule has 0 heterocycles. The molecular formula is C9H7Br2NO. The van der Waals surface area contributed by atoms with E-state index in [0.29, 0.717) is 0 Å². The SMILES string of the molecule is N#CCC(O)c1ccc(Br)c(Br)c1. The van der Waals surface area contributed by atoms with Gasteiger partial charge in [0.1, 0.15) is 0 Å². The molecule has 13 heavy (non-hydrogen) atoms. The maximum absolute atomic E-state index is 9.48. The summed E-state index contributed by atoms with van der Waals surface area (Å²) in [7, 11) is 0. The van der Waals surface area contributed by atoms with Crippen molar-refractivity contribution in [3.05, 3.63) is 32.7 Å². The van der Waals surface area contributed by atoms with Crippen molar-refractivity contribution >= 4 is 31.9 Å². The molecule has 1 aromatic rings. The molecule has 0 radical (unpaired) electrons. The second kappa shape index (κ2) is 4.75. The zero-order chi connectivity index (χ0) is 9.84. The first kappa shape index (κ1) is 10.7. The highest BCUT2D eigenvalue weighted by Crippen LogP contribution is 2.27. The fourth-order valence-corrected chi connectivity index (χ4v) is 1.57. The van der Waals surface area contributed by atoms with Crippen molar-refractivity contribution in [1.82, 2.24) is 0 Å². The van der Waals surface area contributed by atoms with Crippen molar-refractivity contribution in [1.29, 1.82) is 5.26 Å². The van der Waals surface area contributed by atoms with Crippen molar-refractivity contribution in [2.24, 2.45) is 0 Å². The molecule has 0 aliphatic heterocycles. The lowest BCUT2D eigenvalue weighted by Crippen LogP contribution is -1.95. The lowest BCUT2D eigenvalue weighted by Gasteiger charge is -2.07. The number of nitriles is 1. The van der Waals surface area contributed by atoms with Crippen LogP contribution in [0, 0.1) is 11.3 Å². The Bertz CT molecular complexity index is 346. The second-order valence-electron chi connectivity index (χ2n) is 2.55. The van der Waals surface area contributed by atoms with E-state index in [0.717, 1.165) is 14.5 Å². The molecule has 1 unspecified atom stereocenters. The van der Waals surface area contributed by atoms with E-state index in [1.165, 1.54) is 0 Å². The molecule has 1 atom stereocenters. The zero-order valence-electron chi connectivity index (χ0n) is 6.67. The van der Waals surface area contributed by atoms with Gasteiger partial charge in [0, 0.05) is 8.95 Å². The summed E-state index contributed by atoms with van der Waals surface area (Å²) in [6, 6.07) is 7.34. The van der Waals surface area contributed by atoms with Gasteiger partial charge in [0.15, 0.2) is 0 Å². The van der Waals surface area contributed by atoms with Crippen LogP contribution in [0.15, 0.2) is 27.1 Å². The number of hydrogen-bond donors (Lipinski definition) is 1. The van der Waals surface area contributed by atoms with Gasteiger partial charge in [-0.2, -0.15) is 5.26 Å². The zero-order valence-corrected chi connectivity index (χ0v) is 9.84. The summed E-state index contributed by atoms with van der Waals surface area (Å²) in [5.74, 6) is 0. The van der Waals surface area contributed by atoms with E-state index in [1.807, 2.05) is 12.1 Å². The first-order valence-electron chi connectivity index (χ1n) is 3.65. The van der Waals surface area contributed by atoms with Gasteiger partial charge >= 0.3 is 0 Å². The summed E-state index contributed by atoms with van der Waals surface area (Å²) < 4.78 is 1.81. The molecule has 68 valence electrons. The van der Waals surface area contributed by atoms with Crippen LogP contribution in [-0.4, -0.2) is 5.11 Å². The molecule has 0 aromatic heterocycles. The van der Waals surface area contributed by atoms with Crippen LogP contribution in [0.2, 0.25) is 0 Å². The summed E-state index contributed by atoms with van der Waals surface area (Å²) in [6.45, 7) is 0. The second-order valence-corrected chi connectivity index (χ2v) is 4.26. The van der Waals surface area contributed by atoms with Gasteiger partial charge in [0.05, 0.1) is 18.6 Å². The van der Waals surface area contributed by atoms with Crippen LogP contribution in [0.5, 0.6) is 0 Å². The summed E-state index contributed by atoms with van der Waals surface area (Å²) in [4.78, 5) is 0. The molecule has 0 aliphatic carbocycles. The van der Waals surface area contributed by atoms with Crippen LogP contribution in [0.3, 0.4) is 0 Å². The minimum atomic E-state index is -0.700. The molecule has 2 nitrogen and oxygen atoms in total. The van der Waals surface area contributed by atoms with Gasteiger partial charge in [-0.1, -0.05) is 6.07 Å². The smallest absolute Gasteiger partial charge is 0.0920 e. The fraction of sp³-hybridized carbons (Fsp3) is 0.222. The first-order valence-corrected chi connectivity index (χ1v) is 5.23. The van der Waals surface area contributed by atoms with Crippen LogP contribution in [0.1, 0.15) is 18.1 Å². The van der Waals surface area contributed by atoms with Crippen LogP contribution < -0.4 is 0 Å². The average molecular weight is 305 g/mol. The predicted octanol–water partition coefficient (Wildman–Crippen LogP) is 3.16. The molecular weight excluding hydrogens is 298 g/mol. The maximum atomic E-state index is 9.48. The van der Waals surface area contributed by atoms with Crippen molar-refractivity contribution in [2.45, 2.75) is 12.5 Å². The van der Waals surface area contributed by atoms with E-state index >= 15 is 0 Å². The Labute approximate surface area is 93.4 Å². The molecule has 1 rings (SSSR count). The van der Waals surface area contributed by atoms with E-state index in [-0.39, 0.29) is 6.42 Å². The molecule has 0 saturated heterocycles. The quantitative estimate of drug-likeness (QED) is 0.912. The summed E-state index contributed by atoms with van der Waals surface area (Å²) in [5, 5.41) is 17.9. The third-order valence-corrected chi connectivity index (χ3v) is 3.49. The number of hydrogen-bond acceptors (Lipinski definition) is 2. The van der Waals surface area contributed by atoms with E-state index in [9.17, 15) is 5.11 Å². The fourth-order valence-electron chi connectivity index (χ4n) is 0.924. The minimum absolute atomic E-state index is 0.119. The monoisotopic (exact) mass is 303 g/mol. The third-order valence-electron chi connectivity index (χ3n) is 1.61. The molecule has 0 saturated carbocycles. The van der Waals surface area contributed by atoms with Gasteiger partial charge in [-0.15, -0.1) is 0 Å². The highest BCUT2D eigenvalue weighted by molar-refractivity contribution is 9.13. The number of aliphatic hydroxyl groups is 1. The van der Waals surface area contributed by atoms with Crippen LogP contribution in [0.25, 0.3) is 0 Å². The number of aliphatic hydroxyl groups excluding tert-OH is 1. The van der Waals surface area contributed by atoms with Crippen molar-refractivity contribution < 1.29 is 5.11 Å². The van der Waals surface area contributed by atoms with Gasteiger partial charge in [-0.05, 0) is 49.6 Å². The minimum Gasteiger partial charge on any atom is -0.387 e. The number of rotatable bonds is 2. The Kier molecular flexibility index (Phi) is 3.91. The predicted molar refractivity (Wildman–Crippen MR) is 57.0 cm³/mol. The van der Waals surface area contributed by atoms with E-state index in [1.54, 1.807) is 12.1 Å². The number of halogens is 2. The number of benzene rings is 1. The molecule has 0 spiro atoms. The van der Waals surface area contributed by atoms with Crippen molar-refractivity contribution in [2.75, 3.05) is 0 Å². The number of nitrogens with zero attached hydrogens (tertiary/aromatic N) is 1. The molecule has 1 aromatic carbocycles. The Hall–Kier alpha value is -0.370. The molecule has 0 bridgehead atoms. The lowest BCUT2D eigenvalue weighted by atomic mass is 10.1. The van der Waals surface area contributed by atoms with E-state index in [2.05, 4.69) is 31.9 Å². The summed E-state index contributed by atoms with van der Waals surface area (Å²) in [6.07, 6.45) is -0.581. The van der Waals surface area contributed by atoms with Gasteiger partial charge in [-0.3, -0.25) is 0 Å². The van der Waals surface area contributed by atoms with E-state index in [4.69, 9.17) is 5.26 Å². The Balaban J connectivity index is 2.91. The summed E-state index contributed by atoms with van der Waals surface area (Å²) >= 11 is 6.65. The molecule has 0 aliphatic rings. The highest BCUT2D eigenvalue weighted by atomic mass is 79.9. The molecule has 0 amide bonds. The molecule has 4 heteroatoms. The van der Waals surface area contributed by atoms with Crippen LogP contribution in [0.4, 0.5) is 0 Å². The topological polar surface area (TPSA) is 44.0 Å². The summed E-state index contributed by atoms with van der Waals surface area (Å²) in [5.41, 5.74) is 0.747. The lowest BCUT2D eigenvalue weighted by molar-refractivity contribution is 0.183. The largest absolute Gasteiger partial charge is 0.387 e. The van der Waals surface area contributed by atoms with Gasteiger partial charge < -0.3 is 5.11 Å². The Morgan fingerprint density at radius 2 is 2.08 bits per heavy atom. The van der Waals surface area contributed by atoms with Crippen molar-refractivity contribution in [3.63, 3.8) is 0 Å². The average Bonchev–Trinajstić information content (AvgIpc) is 2.10. The van der Waals surface area contributed by atoms with E-state index < -0.39 is 6.10 Å². The Morgan fingerprint density at radius 3 is 2.62 bits per heavy atom. The highest BCUT2D eigenvalue weighted by Gasteiger charge is 2.07. The van der Waals surface area contributed by atoms with Crippen LogP contribution in [-0.2, 0) is 0 Å². The third kappa shape index (κ3) is 2.80. The molecule has 1 N–H and O–H groups in total.